The van der Waals surface area contributed by atoms with Gasteiger partial charge in [0.05, 0.1) is 0 Å². The lowest BCUT2D eigenvalue weighted by molar-refractivity contribution is 0.587. The van der Waals surface area contributed by atoms with Gasteiger partial charge >= 0.3 is 0 Å². The minimum absolute atomic E-state index is 0.132. The van der Waals surface area contributed by atoms with Crippen LogP contribution in [-0.4, -0.2) is 9.97 Å². The lowest BCUT2D eigenvalue weighted by atomic mass is 10.2. The van der Waals surface area contributed by atoms with Crippen LogP contribution in [0, 0.1) is 11.6 Å². The van der Waals surface area contributed by atoms with E-state index >= 15 is 0 Å². The van der Waals surface area contributed by atoms with Gasteiger partial charge in [-0.1, -0.05) is 6.92 Å². The molecule has 1 aromatic heterocycles. The molecular weight excluding hydrogens is 250 g/mol. The maximum atomic E-state index is 13.5. The number of halogens is 2. The number of nitrogen functional groups attached to an aromatic ring is 1. The fraction of sp³-hybridized carbons (Fsp3) is 0.231. The summed E-state index contributed by atoms with van der Waals surface area (Å²) < 4.78 is 26.5. The molecule has 0 amide bonds. The van der Waals surface area contributed by atoms with E-state index in [0.717, 1.165) is 23.8 Å². The van der Waals surface area contributed by atoms with Gasteiger partial charge in [-0.2, -0.15) is 0 Å². The zero-order valence-electron chi connectivity index (χ0n) is 10.5. The summed E-state index contributed by atoms with van der Waals surface area (Å²) in [6.07, 6.45) is 1.99. The van der Waals surface area contributed by atoms with E-state index in [1.54, 1.807) is 0 Å². The second kappa shape index (κ2) is 5.60. The highest BCUT2D eigenvalue weighted by Gasteiger charge is 2.09. The van der Waals surface area contributed by atoms with Crippen LogP contribution < -0.4 is 11.1 Å². The van der Waals surface area contributed by atoms with Crippen LogP contribution in [0.4, 0.5) is 20.4 Å². The van der Waals surface area contributed by atoms with Crippen LogP contribution in [0.1, 0.15) is 18.1 Å². The van der Waals surface area contributed by atoms with Crippen molar-refractivity contribution < 1.29 is 8.78 Å². The molecule has 100 valence electrons. The van der Waals surface area contributed by atoms with E-state index in [0.29, 0.717) is 18.1 Å². The molecule has 2 rings (SSSR count). The lowest BCUT2D eigenvalue weighted by Crippen LogP contribution is -2.09. The first-order chi connectivity index (χ1) is 9.11. The number of nitrogens with two attached hydrogens (primary N) is 1. The number of anilines is 2. The summed E-state index contributed by atoms with van der Waals surface area (Å²) in [7, 11) is 0. The van der Waals surface area contributed by atoms with Gasteiger partial charge in [-0.15, -0.1) is 0 Å². The van der Waals surface area contributed by atoms with Gasteiger partial charge in [-0.3, -0.25) is 0 Å². The molecule has 0 unspecified atom stereocenters. The molecule has 0 fully saturated rings. The molecule has 1 heterocycles. The summed E-state index contributed by atoms with van der Waals surface area (Å²) in [6, 6.07) is 3.33. The molecule has 3 N–H and O–H groups in total. The van der Waals surface area contributed by atoms with Crippen molar-refractivity contribution in [3.63, 3.8) is 0 Å². The molecule has 0 aliphatic carbocycles. The van der Waals surface area contributed by atoms with Gasteiger partial charge in [-0.05, 0) is 24.6 Å². The average Bonchev–Trinajstić information content (AvgIpc) is 2.40. The fourth-order valence-corrected chi connectivity index (χ4v) is 1.78. The molecule has 0 saturated heterocycles. The van der Waals surface area contributed by atoms with E-state index in [4.69, 9.17) is 5.73 Å². The summed E-state index contributed by atoms with van der Waals surface area (Å²) in [5.74, 6) is -0.0107. The van der Waals surface area contributed by atoms with Gasteiger partial charge < -0.3 is 11.1 Å². The fourth-order valence-electron chi connectivity index (χ4n) is 1.78. The summed E-state index contributed by atoms with van der Waals surface area (Å²) in [5, 5.41) is 2.95. The quantitative estimate of drug-likeness (QED) is 0.890. The van der Waals surface area contributed by atoms with Crippen molar-refractivity contribution in [3.8, 4) is 0 Å². The molecule has 0 spiro atoms. The third-order valence-electron chi connectivity index (χ3n) is 2.79. The molecular formula is C13H14F2N4. The highest BCUT2D eigenvalue weighted by Crippen LogP contribution is 2.19. The normalized spacial score (nSPS) is 10.5. The zero-order valence-corrected chi connectivity index (χ0v) is 10.5. The van der Waals surface area contributed by atoms with Crippen LogP contribution in [0.2, 0.25) is 0 Å². The maximum absolute atomic E-state index is 13.5. The Morgan fingerprint density at radius 3 is 2.79 bits per heavy atom. The van der Waals surface area contributed by atoms with Crippen molar-refractivity contribution in [2.45, 2.75) is 19.9 Å². The van der Waals surface area contributed by atoms with Crippen molar-refractivity contribution in [2.75, 3.05) is 11.1 Å². The van der Waals surface area contributed by atoms with Crippen molar-refractivity contribution >= 4 is 11.6 Å². The van der Waals surface area contributed by atoms with Crippen LogP contribution in [0.3, 0.4) is 0 Å². The van der Waals surface area contributed by atoms with Crippen molar-refractivity contribution in [3.05, 3.63) is 47.3 Å². The summed E-state index contributed by atoms with van der Waals surface area (Å²) >= 11 is 0. The topological polar surface area (TPSA) is 63.8 Å². The predicted octanol–water partition coefficient (Wildman–Crippen LogP) is 2.51. The third-order valence-corrected chi connectivity index (χ3v) is 2.79. The van der Waals surface area contributed by atoms with Gasteiger partial charge in [0.1, 0.15) is 29.6 Å². The maximum Gasteiger partial charge on any atom is 0.134 e. The second-order valence-corrected chi connectivity index (χ2v) is 4.03. The largest absolute Gasteiger partial charge is 0.383 e. The van der Waals surface area contributed by atoms with E-state index in [9.17, 15) is 8.78 Å². The van der Waals surface area contributed by atoms with Crippen LogP contribution in [0.25, 0.3) is 0 Å². The van der Waals surface area contributed by atoms with Gasteiger partial charge in [0.2, 0.25) is 0 Å². The van der Waals surface area contributed by atoms with E-state index in [1.165, 1.54) is 6.33 Å². The average molecular weight is 264 g/mol. The number of aromatic nitrogens is 2. The molecule has 2 aromatic rings. The van der Waals surface area contributed by atoms with Gasteiger partial charge in [-0.25, -0.2) is 18.7 Å². The van der Waals surface area contributed by atoms with Gasteiger partial charge in [0, 0.05) is 17.7 Å². The zero-order chi connectivity index (χ0) is 13.8. The van der Waals surface area contributed by atoms with Crippen molar-refractivity contribution in [1.29, 1.82) is 0 Å². The van der Waals surface area contributed by atoms with Gasteiger partial charge in [0.25, 0.3) is 0 Å². The highest BCUT2D eigenvalue weighted by atomic mass is 19.1. The standard InChI is InChI=1S/C13H14F2N4/c1-2-10-12(16)18-7-19-13(10)17-6-8-5-9(14)3-4-11(8)15/h3-5,7H,2,6H2,1H3,(H3,16,17,18,19). The van der Waals surface area contributed by atoms with E-state index in [-0.39, 0.29) is 12.1 Å². The van der Waals surface area contributed by atoms with Crippen LogP contribution in [0.15, 0.2) is 24.5 Å². The molecule has 0 atom stereocenters. The van der Waals surface area contributed by atoms with E-state index < -0.39 is 11.6 Å². The molecule has 6 heteroatoms. The Hall–Kier alpha value is -2.24. The third kappa shape index (κ3) is 2.96. The molecule has 0 radical (unpaired) electrons. The Morgan fingerprint density at radius 1 is 1.26 bits per heavy atom. The Balaban J connectivity index is 2.19. The smallest absolute Gasteiger partial charge is 0.134 e. The van der Waals surface area contributed by atoms with Crippen molar-refractivity contribution in [1.82, 2.24) is 9.97 Å². The van der Waals surface area contributed by atoms with Gasteiger partial charge in [0.15, 0.2) is 0 Å². The monoisotopic (exact) mass is 264 g/mol. The molecule has 0 bridgehead atoms. The number of hydrogen-bond donors (Lipinski definition) is 2. The summed E-state index contributed by atoms with van der Waals surface area (Å²) in [6.45, 7) is 2.05. The number of hydrogen-bond acceptors (Lipinski definition) is 4. The first-order valence-corrected chi connectivity index (χ1v) is 5.89. The molecule has 1 aromatic carbocycles. The number of nitrogens with zero attached hydrogens (tertiary/aromatic N) is 2. The SMILES string of the molecule is CCc1c(N)ncnc1NCc1cc(F)ccc1F. The molecule has 0 saturated carbocycles. The first kappa shape index (κ1) is 13.2. The second-order valence-electron chi connectivity index (χ2n) is 4.03. The van der Waals surface area contributed by atoms with Crippen LogP contribution in [-0.2, 0) is 13.0 Å². The highest BCUT2D eigenvalue weighted by molar-refractivity contribution is 5.55. The number of rotatable bonds is 4. The Kier molecular flexibility index (Phi) is 3.89. The molecule has 0 aliphatic rings. The first-order valence-electron chi connectivity index (χ1n) is 5.89. The molecule has 0 aliphatic heterocycles. The lowest BCUT2D eigenvalue weighted by Gasteiger charge is -2.11. The summed E-state index contributed by atoms with van der Waals surface area (Å²) in [5.41, 5.74) is 6.73. The number of benzene rings is 1. The predicted molar refractivity (Wildman–Crippen MR) is 69.5 cm³/mol. The van der Waals surface area contributed by atoms with Crippen LogP contribution in [0.5, 0.6) is 0 Å². The van der Waals surface area contributed by atoms with E-state index in [1.807, 2.05) is 6.92 Å². The Bertz CT molecular complexity index is 587. The molecule has 19 heavy (non-hydrogen) atoms. The Morgan fingerprint density at radius 2 is 2.05 bits per heavy atom. The summed E-state index contributed by atoms with van der Waals surface area (Å²) in [4.78, 5) is 7.95. The number of nitrogens with one attached hydrogen (secondary N) is 1. The molecule has 4 nitrogen and oxygen atoms in total. The minimum Gasteiger partial charge on any atom is -0.383 e. The van der Waals surface area contributed by atoms with Crippen LogP contribution >= 0.6 is 0 Å². The van der Waals surface area contributed by atoms with Crippen molar-refractivity contribution in [2.24, 2.45) is 0 Å². The Labute approximate surface area is 109 Å². The van der Waals surface area contributed by atoms with E-state index in [2.05, 4.69) is 15.3 Å². The minimum atomic E-state index is -0.476.